The highest BCUT2D eigenvalue weighted by Crippen LogP contribution is 2.18. The standard InChI is InChI=1S/C14H13FO2/c1-3-10-7-8-12(17-10)14(16)11-6-4-5-9(2)13(11)15/h4-8H,3H2,1-2H3. The summed E-state index contributed by atoms with van der Waals surface area (Å²) < 4.78 is 19.1. The monoisotopic (exact) mass is 232 g/mol. The van der Waals surface area contributed by atoms with Crippen LogP contribution in [0.2, 0.25) is 0 Å². The molecule has 2 nitrogen and oxygen atoms in total. The van der Waals surface area contributed by atoms with Gasteiger partial charge in [0.2, 0.25) is 5.78 Å². The Morgan fingerprint density at radius 1 is 1.29 bits per heavy atom. The van der Waals surface area contributed by atoms with Crippen LogP contribution in [-0.4, -0.2) is 5.78 Å². The molecule has 1 aromatic carbocycles. The number of hydrogen-bond acceptors (Lipinski definition) is 2. The van der Waals surface area contributed by atoms with Gasteiger partial charge in [0.05, 0.1) is 5.56 Å². The van der Waals surface area contributed by atoms with E-state index in [0.717, 1.165) is 5.76 Å². The van der Waals surface area contributed by atoms with Gasteiger partial charge < -0.3 is 4.42 Å². The molecule has 17 heavy (non-hydrogen) atoms. The van der Waals surface area contributed by atoms with Crippen molar-refractivity contribution in [1.29, 1.82) is 0 Å². The number of carbonyl (C=O) groups excluding carboxylic acids is 1. The van der Waals surface area contributed by atoms with E-state index >= 15 is 0 Å². The van der Waals surface area contributed by atoms with Crippen molar-refractivity contribution in [2.75, 3.05) is 0 Å². The van der Waals surface area contributed by atoms with Crippen LogP contribution in [-0.2, 0) is 6.42 Å². The van der Waals surface area contributed by atoms with Crippen LogP contribution in [0, 0.1) is 12.7 Å². The van der Waals surface area contributed by atoms with E-state index in [-0.39, 0.29) is 11.3 Å². The average molecular weight is 232 g/mol. The fourth-order valence-corrected chi connectivity index (χ4v) is 1.65. The molecule has 3 heteroatoms. The number of furan rings is 1. The molecule has 0 aliphatic carbocycles. The van der Waals surface area contributed by atoms with Crippen molar-refractivity contribution < 1.29 is 13.6 Å². The SMILES string of the molecule is CCc1ccc(C(=O)c2cccc(C)c2F)o1. The molecule has 0 spiro atoms. The van der Waals surface area contributed by atoms with E-state index < -0.39 is 11.6 Å². The van der Waals surface area contributed by atoms with Crippen molar-refractivity contribution in [3.05, 3.63) is 58.8 Å². The second-order valence-electron chi connectivity index (χ2n) is 3.89. The molecule has 0 N–H and O–H groups in total. The number of rotatable bonds is 3. The third kappa shape index (κ3) is 2.13. The van der Waals surface area contributed by atoms with E-state index in [0.29, 0.717) is 12.0 Å². The van der Waals surface area contributed by atoms with Crippen LogP contribution in [0.5, 0.6) is 0 Å². The maximum atomic E-state index is 13.8. The minimum Gasteiger partial charge on any atom is -0.458 e. The summed E-state index contributed by atoms with van der Waals surface area (Å²) >= 11 is 0. The van der Waals surface area contributed by atoms with E-state index in [1.807, 2.05) is 6.92 Å². The molecular weight excluding hydrogens is 219 g/mol. The van der Waals surface area contributed by atoms with Crippen LogP contribution in [0.25, 0.3) is 0 Å². The Balaban J connectivity index is 2.40. The van der Waals surface area contributed by atoms with Gasteiger partial charge in [-0.2, -0.15) is 0 Å². The van der Waals surface area contributed by atoms with Gasteiger partial charge >= 0.3 is 0 Å². The van der Waals surface area contributed by atoms with Gasteiger partial charge in [-0.3, -0.25) is 4.79 Å². The van der Waals surface area contributed by atoms with E-state index in [1.54, 1.807) is 31.2 Å². The molecular formula is C14H13FO2. The van der Waals surface area contributed by atoms with Gasteiger partial charge in [-0.1, -0.05) is 19.1 Å². The molecule has 0 aliphatic rings. The largest absolute Gasteiger partial charge is 0.458 e. The lowest BCUT2D eigenvalue weighted by Gasteiger charge is -2.02. The van der Waals surface area contributed by atoms with Crippen LogP contribution in [0.15, 0.2) is 34.7 Å². The summed E-state index contributed by atoms with van der Waals surface area (Å²) in [5.41, 5.74) is 0.514. The molecule has 0 unspecified atom stereocenters. The minimum absolute atomic E-state index is 0.0574. The van der Waals surface area contributed by atoms with E-state index in [9.17, 15) is 9.18 Å². The van der Waals surface area contributed by atoms with Crippen LogP contribution in [0.4, 0.5) is 4.39 Å². The molecule has 0 radical (unpaired) electrons. The summed E-state index contributed by atoms with van der Waals surface area (Å²) in [4.78, 5) is 12.0. The summed E-state index contributed by atoms with van der Waals surface area (Å²) in [6, 6.07) is 8.09. The molecule has 0 fully saturated rings. The van der Waals surface area contributed by atoms with Gasteiger partial charge in [0.15, 0.2) is 5.76 Å². The third-order valence-electron chi connectivity index (χ3n) is 2.67. The predicted octanol–water partition coefficient (Wildman–Crippen LogP) is 3.52. The van der Waals surface area contributed by atoms with Crippen LogP contribution in [0.3, 0.4) is 0 Å². The summed E-state index contributed by atoms with van der Waals surface area (Å²) in [7, 11) is 0. The van der Waals surface area contributed by atoms with Crippen molar-refractivity contribution in [2.24, 2.45) is 0 Å². The van der Waals surface area contributed by atoms with Gasteiger partial charge in [-0.15, -0.1) is 0 Å². The first-order valence-electron chi connectivity index (χ1n) is 5.52. The second kappa shape index (κ2) is 4.53. The van der Waals surface area contributed by atoms with Crippen molar-refractivity contribution >= 4 is 5.78 Å². The summed E-state index contributed by atoms with van der Waals surface area (Å²) in [5, 5.41) is 0. The van der Waals surface area contributed by atoms with Crippen LogP contribution in [0.1, 0.15) is 34.4 Å². The number of ketones is 1. The Bertz CT molecular complexity index is 555. The molecule has 1 heterocycles. The van der Waals surface area contributed by atoms with Gasteiger partial charge in [-0.05, 0) is 30.7 Å². The average Bonchev–Trinajstić information content (AvgIpc) is 2.80. The van der Waals surface area contributed by atoms with Gasteiger partial charge in [0.1, 0.15) is 11.6 Å². The Kier molecular flexibility index (Phi) is 3.09. The van der Waals surface area contributed by atoms with Gasteiger partial charge in [-0.25, -0.2) is 4.39 Å². The summed E-state index contributed by atoms with van der Waals surface area (Å²) in [6.45, 7) is 3.56. The third-order valence-corrected chi connectivity index (χ3v) is 2.67. The molecule has 0 atom stereocenters. The lowest BCUT2D eigenvalue weighted by molar-refractivity contribution is 0.100. The fourth-order valence-electron chi connectivity index (χ4n) is 1.65. The minimum atomic E-state index is -0.480. The second-order valence-corrected chi connectivity index (χ2v) is 3.89. The molecule has 0 saturated carbocycles. The lowest BCUT2D eigenvalue weighted by atomic mass is 10.1. The molecule has 0 aliphatic heterocycles. The van der Waals surface area contributed by atoms with E-state index in [2.05, 4.69) is 0 Å². The maximum Gasteiger partial charge on any atom is 0.231 e. The highest BCUT2D eigenvalue weighted by molar-refractivity contribution is 6.07. The first-order chi connectivity index (χ1) is 8.13. The zero-order valence-electron chi connectivity index (χ0n) is 9.79. The normalized spacial score (nSPS) is 10.5. The first-order valence-corrected chi connectivity index (χ1v) is 5.52. The smallest absolute Gasteiger partial charge is 0.231 e. The zero-order valence-corrected chi connectivity index (χ0v) is 9.79. The van der Waals surface area contributed by atoms with Crippen LogP contribution < -0.4 is 0 Å². The van der Waals surface area contributed by atoms with Crippen molar-refractivity contribution in [1.82, 2.24) is 0 Å². The first kappa shape index (κ1) is 11.6. The Labute approximate surface area is 99.1 Å². The highest BCUT2D eigenvalue weighted by atomic mass is 19.1. The van der Waals surface area contributed by atoms with E-state index in [4.69, 9.17) is 4.42 Å². The molecule has 0 amide bonds. The fraction of sp³-hybridized carbons (Fsp3) is 0.214. The number of benzene rings is 1. The quantitative estimate of drug-likeness (QED) is 0.758. The maximum absolute atomic E-state index is 13.8. The van der Waals surface area contributed by atoms with Gasteiger partial charge in [0, 0.05) is 6.42 Å². The van der Waals surface area contributed by atoms with Gasteiger partial charge in [0.25, 0.3) is 0 Å². The molecule has 2 aromatic rings. The topological polar surface area (TPSA) is 30.2 Å². The van der Waals surface area contributed by atoms with Crippen molar-refractivity contribution in [3.63, 3.8) is 0 Å². The predicted molar refractivity (Wildman–Crippen MR) is 62.7 cm³/mol. The zero-order chi connectivity index (χ0) is 12.4. The van der Waals surface area contributed by atoms with Crippen molar-refractivity contribution in [2.45, 2.75) is 20.3 Å². The Morgan fingerprint density at radius 3 is 2.71 bits per heavy atom. The van der Waals surface area contributed by atoms with Crippen molar-refractivity contribution in [3.8, 4) is 0 Å². The molecule has 88 valence electrons. The van der Waals surface area contributed by atoms with Crippen LogP contribution >= 0.6 is 0 Å². The molecule has 1 aromatic heterocycles. The molecule has 0 bridgehead atoms. The molecule has 2 rings (SSSR count). The number of hydrogen-bond donors (Lipinski definition) is 0. The van der Waals surface area contributed by atoms with E-state index in [1.165, 1.54) is 6.07 Å². The molecule has 0 saturated heterocycles. The number of halogens is 1. The Morgan fingerprint density at radius 2 is 2.06 bits per heavy atom. The summed E-state index contributed by atoms with van der Waals surface area (Å²) in [6.07, 6.45) is 0.712. The number of carbonyl (C=O) groups is 1. The highest BCUT2D eigenvalue weighted by Gasteiger charge is 2.18. The number of aryl methyl sites for hydroxylation is 2. The summed E-state index contributed by atoms with van der Waals surface area (Å²) in [5.74, 6) is 0.0191. The lowest BCUT2D eigenvalue weighted by Crippen LogP contribution is -2.04. The Hall–Kier alpha value is -1.90.